The maximum Gasteiger partial charge on any atom is 0.0861 e. The summed E-state index contributed by atoms with van der Waals surface area (Å²) in [4.78, 5) is 0. The van der Waals surface area contributed by atoms with Crippen molar-refractivity contribution in [3.63, 3.8) is 0 Å². The minimum atomic E-state index is -0.359. The van der Waals surface area contributed by atoms with Crippen molar-refractivity contribution in [2.45, 2.75) is 24.9 Å². The van der Waals surface area contributed by atoms with Crippen LogP contribution in [0.15, 0.2) is 54.6 Å². The molecule has 2 aromatic rings. The van der Waals surface area contributed by atoms with Crippen molar-refractivity contribution in [2.75, 3.05) is 0 Å². The van der Waals surface area contributed by atoms with Crippen molar-refractivity contribution < 1.29 is 5.11 Å². The lowest BCUT2D eigenvalue weighted by molar-refractivity contribution is 0.131. The molecule has 1 aliphatic rings. The van der Waals surface area contributed by atoms with Crippen LogP contribution >= 0.6 is 0 Å². The minimum absolute atomic E-state index is 0.242. The SMILES string of the molecule is O[C@@H]1c2ccccc2CC[C@@H]1c1ccccc1. The second-order valence-corrected chi connectivity index (χ2v) is 4.70. The van der Waals surface area contributed by atoms with Gasteiger partial charge in [0.25, 0.3) is 0 Å². The number of aliphatic hydroxyl groups excluding tert-OH is 1. The van der Waals surface area contributed by atoms with Crippen molar-refractivity contribution in [3.05, 3.63) is 71.3 Å². The molecule has 0 spiro atoms. The Labute approximate surface area is 102 Å². The van der Waals surface area contributed by atoms with Gasteiger partial charge in [-0.1, -0.05) is 54.6 Å². The largest absolute Gasteiger partial charge is 0.388 e. The van der Waals surface area contributed by atoms with Gasteiger partial charge in [-0.05, 0) is 29.5 Å². The van der Waals surface area contributed by atoms with Gasteiger partial charge in [0.15, 0.2) is 0 Å². The van der Waals surface area contributed by atoms with Crippen LogP contribution in [0.25, 0.3) is 0 Å². The van der Waals surface area contributed by atoms with Crippen LogP contribution in [0.2, 0.25) is 0 Å². The summed E-state index contributed by atoms with van der Waals surface area (Å²) < 4.78 is 0. The maximum atomic E-state index is 10.5. The van der Waals surface area contributed by atoms with Gasteiger partial charge in [-0.25, -0.2) is 0 Å². The minimum Gasteiger partial charge on any atom is -0.388 e. The first kappa shape index (κ1) is 10.5. The van der Waals surface area contributed by atoms with E-state index in [-0.39, 0.29) is 12.0 Å². The molecule has 0 aliphatic heterocycles. The van der Waals surface area contributed by atoms with Crippen LogP contribution < -0.4 is 0 Å². The molecule has 0 heterocycles. The topological polar surface area (TPSA) is 20.2 Å². The Hall–Kier alpha value is -1.60. The van der Waals surface area contributed by atoms with Crippen LogP contribution in [0.4, 0.5) is 0 Å². The fraction of sp³-hybridized carbons (Fsp3) is 0.250. The Balaban J connectivity index is 1.97. The van der Waals surface area contributed by atoms with E-state index in [4.69, 9.17) is 0 Å². The molecule has 1 nitrogen and oxygen atoms in total. The Morgan fingerprint density at radius 1 is 0.882 bits per heavy atom. The highest BCUT2D eigenvalue weighted by molar-refractivity contribution is 5.36. The lowest BCUT2D eigenvalue weighted by Crippen LogP contribution is -2.18. The zero-order valence-corrected chi connectivity index (χ0v) is 9.71. The third-order valence-corrected chi connectivity index (χ3v) is 3.71. The summed E-state index contributed by atoms with van der Waals surface area (Å²) in [5, 5.41) is 10.5. The molecule has 3 rings (SSSR count). The van der Waals surface area contributed by atoms with Crippen molar-refractivity contribution in [1.82, 2.24) is 0 Å². The third kappa shape index (κ3) is 1.87. The molecule has 0 aromatic heterocycles. The molecule has 1 aliphatic carbocycles. The molecule has 86 valence electrons. The number of hydrogen-bond acceptors (Lipinski definition) is 1. The van der Waals surface area contributed by atoms with Gasteiger partial charge in [-0.15, -0.1) is 0 Å². The summed E-state index contributed by atoms with van der Waals surface area (Å²) in [5.74, 6) is 0.242. The normalized spacial score (nSPS) is 23.1. The monoisotopic (exact) mass is 224 g/mol. The Kier molecular flexibility index (Phi) is 2.69. The van der Waals surface area contributed by atoms with Crippen LogP contribution in [0.5, 0.6) is 0 Å². The Morgan fingerprint density at radius 3 is 2.41 bits per heavy atom. The van der Waals surface area contributed by atoms with E-state index in [0.717, 1.165) is 18.4 Å². The lowest BCUT2D eigenvalue weighted by atomic mass is 9.78. The van der Waals surface area contributed by atoms with Crippen LogP contribution in [0, 0.1) is 0 Å². The lowest BCUT2D eigenvalue weighted by Gasteiger charge is -2.30. The standard InChI is InChI=1S/C16H16O/c17-16-14-9-5-4-8-13(14)10-11-15(16)12-6-2-1-3-7-12/h1-9,15-17H,10-11H2/t15-,16-/m1/s1. The summed E-state index contributed by atoms with van der Waals surface area (Å²) in [6.45, 7) is 0. The van der Waals surface area contributed by atoms with Crippen molar-refractivity contribution in [3.8, 4) is 0 Å². The number of hydrogen-bond donors (Lipinski definition) is 1. The summed E-state index contributed by atoms with van der Waals surface area (Å²) in [5.41, 5.74) is 3.65. The molecule has 0 fully saturated rings. The molecule has 0 unspecified atom stereocenters. The maximum absolute atomic E-state index is 10.5. The van der Waals surface area contributed by atoms with Gasteiger partial charge in [-0.2, -0.15) is 0 Å². The predicted molar refractivity (Wildman–Crippen MR) is 68.9 cm³/mol. The second-order valence-electron chi connectivity index (χ2n) is 4.70. The van der Waals surface area contributed by atoms with Crippen LogP contribution in [-0.2, 0) is 6.42 Å². The van der Waals surface area contributed by atoms with E-state index in [1.54, 1.807) is 0 Å². The highest BCUT2D eigenvalue weighted by atomic mass is 16.3. The number of aryl methyl sites for hydroxylation is 1. The van der Waals surface area contributed by atoms with Crippen molar-refractivity contribution >= 4 is 0 Å². The van der Waals surface area contributed by atoms with E-state index in [2.05, 4.69) is 24.3 Å². The van der Waals surface area contributed by atoms with Crippen molar-refractivity contribution in [2.24, 2.45) is 0 Å². The van der Waals surface area contributed by atoms with Crippen LogP contribution in [-0.4, -0.2) is 5.11 Å². The first-order valence-corrected chi connectivity index (χ1v) is 6.17. The molecular weight excluding hydrogens is 208 g/mol. The molecule has 1 heteroatoms. The third-order valence-electron chi connectivity index (χ3n) is 3.71. The molecule has 2 atom stereocenters. The number of fused-ring (bicyclic) bond motifs is 1. The molecule has 2 aromatic carbocycles. The molecule has 0 bridgehead atoms. The van der Waals surface area contributed by atoms with Crippen molar-refractivity contribution in [1.29, 1.82) is 0 Å². The predicted octanol–water partition coefficient (Wildman–Crippen LogP) is 3.45. The molecule has 0 radical (unpaired) electrons. The second kappa shape index (κ2) is 4.34. The van der Waals surface area contributed by atoms with E-state index >= 15 is 0 Å². The van der Waals surface area contributed by atoms with Gasteiger partial charge in [-0.3, -0.25) is 0 Å². The average molecular weight is 224 g/mol. The molecule has 1 N–H and O–H groups in total. The highest BCUT2D eigenvalue weighted by Gasteiger charge is 2.28. The van der Waals surface area contributed by atoms with Gasteiger partial charge in [0.1, 0.15) is 0 Å². The molecule has 0 saturated heterocycles. The summed E-state index contributed by atoms with van der Waals surface area (Å²) in [7, 11) is 0. The quantitative estimate of drug-likeness (QED) is 0.786. The average Bonchev–Trinajstić information content (AvgIpc) is 2.40. The molecule has 17 heavy (non-hydrogen) atoms. The highest BCUT2D eigenvalue weighted by Crippen LogP contribution is 2.40. The van der Waals surface area contributed by atoms with Gasteiger partial charge >= 0.3 is 0 Å². The number of rotatable bonds is 1. The Morgan fingerprint density at radius 2 is 1.59 bits per heavy atom. The van der Waals surface area contributed by atoms with Crippen LogP contribution in [0.3, 0.4) is 0 Å². The number of aliphatic hydroxyl groups is 1. The van der Waals surface area contributed by atoms with Gasteiger partial charge < -0.3 is 5.11 Å². The molecule has 0 saturated carbocycles. The smallest absolute Gasteiger partial charge is 0.0861 e. The summed E-state index contributed by atoms with van der Waals surface area (Å²) in [6, 6.07) is 18.6. The van der Waals surface area contributed by atoms with Gasteiger partial charge in [0.2, 0.25) is 0 Å². The summed E-state index contributed by atoms with van der Waals surface area (Å²) in [6.07, 6.45) is 1.73. The summed E-state index contributed by atoms with van der Waals surface area (Å²) >= 11 is 0. The zero-order chi connectivity index (χ0) is 11.7. The van der Waals surface area contributed by atoms with Crippen LogP contribution in [0.1, 0.15) is 35.1 Å². The fourth-order valence-electron chi connectivity index (χ4n) is 2.79. The first-order valence-electron chi connectivity index (χ1n) is 6.17. The van der Waals surface area contributed by atoms with Gasteiger partial charge in [0, 0.05) is 5.92 Å². The van der Waals surface area contributed by atoms with E-state index < -0.39 is 0 Å². The van der Waals surface area contributed by atoms with E-state index in [1.807, 2.05) is 30.3 Å². The Bertz CT molecular complexity index is 504. The first-order chi connectivity index (χ1) is 8.36. The molecule has 0 amide bonds. The van der Waals surface area contributed by atoms with Gasteiger partial charge in [0.05, 0.1) is 6.10 Å². The fourth-order valence-corrected chi connectivity index (χ4v) is 2.79. The van der Waals surface area contributed by atoms with E-state index in [9.17, 15) is 5.11 Å². The van der Waals surface area contributed by atoms with E-state index in [0.29, 0.717) is 0 Å². The van der Waals surface area contributed by atoms with E-state index in [1.165, 1.54) is 11.1 Å². The zero-order valence-electron chi connectivity index (χ0n) is 9.71. The number of benzene rings is 2. The molecular formula is C16H16O.